The summed E-state index contributed by atoms with van der Waals surface area (Å²) in [4.78, 5) is 39.1. The largest absolute Gasteiger partial charge is 0.462 e. The molecular weight excluding hydrogens is 512 g/mol. The summed E-state index contributed by atoms with van der Waals surface area (Å²) in [6.07, 6.45) is -0.286. The second kappa shape index (κ2) is 9.36. The van der Waals surface area contributed by atoms with Crippen LogP contribution in [0.5, 0.6) is 0 Å². The van der Waals surface area contributed by atoms with E-state index in [1.54, 1.807) is 39.8 Å². The molecule has 1 saturated heterocycles. The molecule has 0 N–H and O–H groups in total. The zero-order chi connectivity index (χ0) is 24.6. The third kappa shape index (κ3) is 5.02. The van der Waals surface area contributed by atoms with Gasteiger partial charge >= 0.3 is 5.97 Å². The summed E-state index contributed by atoms with van der Waals surface area (Å²) in [5, 5.41) is 0. The fraction of sp³-hybridized carbons (Fsp3) is 0.348. The summed E-state index contributed by atoms with van der Waals surface area (Å²) < 4.78 is 33.8. The molecule has 0 saturated carbocycles. The highest BCUT2D eigenvalue weighted by atomic mass is 79.9. The molecule has 1 heterocycles. The van der Waals surface area contributed by atoms with E-state index in [0.29, 0.717) is 4.47 Å². The number of esters is 1. The maximum Gasteiger partial charge on any atom is 0.338 e. The molecule has 0 aliphatic carbocycles. The summed E-state index contributed by atoms with van der Waals surface area (Å²) in [5.74, 6) is -1.67. The molecule has 8 nitrogen and oxygen atoms in total. The van der Waals surface area contributed by atoms with Gasteiger partial charge in [-0.15, -0.1) is 0 Å². The van der Waals surface area contributed by atoms with Crippen molar-refractivity contribution in [2.24, 2.45) is 0 Å². The molecular formula is C23H25BrN2O6S. The van der Waals surface area contributed by atoms with E-state index in [9.17, 15) is 22.8 Å². The smallest absolute Gasteiger partial charge is 0.338 e. The Labute approximate surface area is 201 Å². The maximum atomic E-state index is 13.5. The van der Waals surface area contributed by atoms with Crippen molar-refractivity contribution in [2.75, 3.05) is 11.5 Å². The average molecular weight is 537 g/mol. The molecule has 2 aromatic rings. The molecule has 1 aliphatic rings. The van der Waals surface area contributed by atoms with Crippen LogP contribution >= 0.6 is 15.9 Å². The lowest BCUT2D eigenvalue weighted by molar-refractivity contribution is -0.122. The summed E-state index contributed by atoms with van der Waals surface area (Å²) >= 11 is 3.29. The van der Waals surface area contributed by atoms with Gasteiger partial charge in [-0.2, -0.15) is 4.31 Å². The highest BCUT2D eigenvalue weighted by molar-refractivity contribution is 9.10. The Morgan fingerprint density at radius 3 is 2.18 bits per heavy atom. The standard InChI is InChI=1S/C23H25BrN2O6S/c1-5-32-22(29)15-6-10-17(11-7-15)25-20(27)14-19(21(25)28)26(23(2,3)4)33(30,31)18-12-8-16(24)9-13-18/h6-13,19H,5,14H2,1-4H3. The van der Waals surface area contributed by atoms with Crippen molar-refractivity contribution >= 4 is 49.4 Å². The monoisotopic (exact) mass is 536 g/mol. The summed E-state index contributed by atoms with van der Waals surface area (Å²) in [6, 6.07) is 10.8. The molecule has 1 unspecified atom stereocenters. The van der Waals surface area contributed by atoms with Crippen LogP contribution in [0.1, 0.15) is 44.5 Å². The van der Waals surface area contributed by atoms with E-state index in [1.165, 1.54) is 36.4 Å². The number of carbonyl (C=O) groups is 3. The minimum Gasteiger partial charge on any atom is -0.462 e. The van der Waals surface area contributed by atoms with Gasteiger partial charge in [0, 0.05) is 10.0 Å². The van der Waals surface area contributed by atoms with Crippen LogP contribution in [0.4, 0.5) is 5.69 Å². The Hall–Kier alpha value is -2.56. The van der Waals surface area contributed by atoms with E-state index >= 15 is 0 Å². The predicted octanol–water partition coefficient (Wildman–Crippen LogP) is 3.75. The second-order valence-electron chi connectivity index (χ2n) is 8.48. The van der Waals surface area contributed by atoms with Crippen LogP contribution in [0.3, 0.4) is 0 Å². The number of hydrogen-bond acceptors (Lipinski definition) is 6. The van der Waals surface area contributed by atoms with E-state index < -0.39 is 39.4 Å². The van der Waals surface area contributed by atoms with Gasteiger partial charge in [-0.05, 0) is 76.2 Å². The number of amides is 2. The Kier molecular flexibility index (Phi) is 7.11. The van der Waals surface area contributed by atoms with Crippen molar-refractivity contribution in [2.45, 2.75) is 50.6 Å². The molecule has 0 spiro atoms. The topological polar surface area (TPSA) is 101 Å². The molecule has 10 heteroatoms. The predicted molar refractivity (Wildman–Crippen MR) is 126 cm³/mol. The Bertz CT molecular complexity index is 1170. The van der Waals surface area contributed by atoms with Crippen molar-refractivity contribution in [3.05, 3.63) is 58.6 Å². The first-order valence-electron chi connectivity index (χ1n) is 10.3. The van der Waals surface area contributed by atoms with E-state index in [0.717, 1.165) is 9.21 Å². The zero-order valence-corrected chi connectivity index (χ0v) is 21.1. The zero-order valence-electron chi connectivity index (χ0n) is 18.7. The first-order chi connectivity index (χ1) is 15.4. The molecule has 3 rings (SSSR count). The molecule has 33 heavy (non-hydrogen) atoms. The third-order valence-electron chi connectivity index (χ3n) is 5.07. The third-order valence-corrected chi connectivity index (χ3v) is 7.79. The van der Waals surface area contributed by atoms with Crippen molar-refractivity contribution in [3.8, 4) is 0 Å². The highest BCUT2D eigenvalue weighted by Gasteiger charge is 2.50. The van der Waals surface area contributed by atoms with Crippen LogP contribution in [0.25, 0.3) is 0 Å². The van der Waals surface area contributed by atoms with Crippen LogP contribution in [0.2, 0.25) is 0 Å². The van der Waals surface area contributed by atoms with Crippen LogP contribution in [-0.4, -0.2) is 48.7 Å². The van der Waals surface area contributed by atoms with Gasteiger partial charge in [0.1, 0.15) is 6.04 Å². The van der Waals surface area contributed by atoms with E-state index in [2.05, 4.69) is 15.9 Å². The lowest BCUT2D eigenvalue weighted by Crippen LogP contribution is -2.54. The van der Waals surface area contributed by atoms with Crippen molar-refractivity contribution in [1.82, 2.24) is 4.31 Å². The minimum atomic E-state index is -4.09. The number of benzene rings is 2. The number of nitrogens with zero attached hydrogens (tertiary/aromatic N) is 2. The fourth-order valence-corrected chi connectivity index (χ4v) is 5.94. The molecule has 0 radical (unpaired) electrons. The van der Waals surface area contributed by atoms with Gasteiger partial charge in [-0.3, -0.25) is 9.59 Å². The van der Waals surface area contributed by atoms with Gasteiger partial charge in [-0.25, -0.2) is 18.1 Å². The fourth-order valence-electron chi connectivity index (χ4n) is 3.75. The molecule has 2 amide bonds. The molecule has 1 aliphatic heterocycles. The Balaban J connectivity index is 1.97. The molecule has 0 aromatic heterocycles. The quantitative estimate of drug-likeness (QED) is 0.411. The minimum absolute atomic E-state index is 0.0260. The van der Waals surface area contributed by atoms with Gasteiger partial charge in [0.15, 0.2) is 0 Å². The lowest BCUT2D eigenvalue weighted by Gasteiger charge is -2.37. The van der Waals surface area contributed by atoms with E-state index in [1.807, 2.05) is 0 Å². The van der Waals surface area contributed by atoms with Gasteiger partial charge in [-0.1, -0.05) is 15.9 Å². The Morgan fingerprint density at radius 2 is 1.67 bits per heavy atom. The number of rotatable bonds is 6. The average Bonchev–Trinajstić information content (AvgIpc) is 3.01. The number of anilines is 1. The van der Waals surface area contributed by atoms with Crippen molar-refractivity contribution < 1.29 is 27.5 Å². The molecule has 1 fully saturated rings. The number of sulfonamides is 1. The summed E-state index contributed by atoms with van der Waals surface area (Å²) in [7, 11) is -4.09. The SMILES string of the molecule is CCOC(=O)c1ccc(N2C(=O)CC(N(C(C)(C)C)S(=O)(=O)c3ccc(Br)cc3)C2=O)cc1. The lowest BCUT2D eigenvalue weighted by atomic mass is 10.1. The first kappa shape index (κ1) is 25.1. The first-order valence-corrected chi connectivity index (χ1v) is 12.6. The Morgan fingerprint density at radius 1 is 1.09 bits per heavy atom. The molecule has 1 atom stereocenters. The van der Waals surface area contributed by atoms with Gasteiger partial charge in [0.05, 0.1) is 29.2 Å². The van der Waals surface area contributed by atoms with Crippen LogP contribution in [0, 0.1) is 0 Å². The summed E-state index contributed by atoms with van der Waals surface area (Å²) in [5.41, 5.74) is -0.433. The number of ether oxygens (including phenoxy) is 1. The van der Waals surface area contributed by atoms with E-state index in [-0.39, 0.29) is 29.2 Å². The molecule has 176 valence electrons. The normalized spacial score (nSPS) is 17.0. The van der Waals surface area contributed by atoms with Crippen LogP contribution in [-0.2, 0) is 24.3 Å². The number of halogens is 1. The molecule has 0 bridgehead atoms. The highest BCUT2D eigenvalue weighted by Crippen LogP contribution is 2.34. The second-order valence-corrected chi connectivity index (χ2v) is 11.2. The van der Waals surface area contributed by atoms with E-state index in [4.69, 9.17) is 4.74 Å². The number of carbonyl (C=O) groups excluding carboxylic acids is 3. The van der Waals surface area contributed by atoms with Gasteiger partial charge < -0.3 is 4.74 Å². The van der Waals surface area contributed by atoms with Crippen molar-refractivity contribution in [1.29, 1.82) is 0 Å². The maximum absolute atomic E-state index is 13.5. The van der Waals surface area contributed by atoms with Gasteiger partial charge in [0.25, 0.3) is 5.91 Å². The van der Waals surface area contributed by atoms with Gasteiger partial charge in [0.2, 0.25) is 15.9 Å². The van der Waals surface area contributed by atoms with Crippen LogP contribution in [0.15, 0.2) is 57.9 Å². The van der Waals surface area contributed by atoms with Crippen molar-refractivity contribution in [3.63, 3.8) is 0 Å². The molecule has 2 aromatic carbocycles. The number of imide groups is 1. The van der Waals surface area contributed by atoms with Crippen LogP contribution < -0.4 is 4.90 Å². The number of hydrogen-bond donors (Lipinski definition) is 0. The summed E-state index contributed by atoms with van der Waals surface area (Å²) in [6.45, 7) is 6.95.